The van der Waals surface area contributed by atoms with Crippen molar-refractivity contribution in [3.05, 3.63) is 74.0 Å². The lowest BCUT2D eigenvalue weighted by atomic mass is 9.97. The van der Waals surface area contributed by atoms with Crippen LogP contribution in [0.2, 0.25) is 0 Å². The second kappa shape index (κ2) is 9.49. The average molecular weight is 479 g/mol. The Bertz CT molecular complexity index is 1310. The molecule has 1 atom stereocenters. The number of nitrogens with one attached hydrogen (secondary N) is 1. The molecular formula is C25H26N4O2S2. The summed E-state index contributed by atoms with van der Waals surface area (Å²) in [7, 11) is 0. The highest BCUT2D eigenvalue weighted by molar-refractivity contribution is 7.17. The summed E-state index contributed by atoms with van der Waals surface area (Å²) in [6.07, 6.45) is 2.58. The molecule has 0 radical (unpaired) electrons. The van der Waals surface area contributed by atoms with E-state index in [9.17, 15) is 9.59 Å². The quantitative estimate of drug-likeness (QED) is 0.446. The molecule has 0 spiro atoms. The molecule has 1 aromatic carbocycles. The highest BCUT2D eigenvalue weighted by Crippen LogP contribution is 2.26. The van der Waals surface area contributed by atoms with Crippen molar-refractivity contribution in [2.75, 3.05) is 24.5 Å². The van der Waals surface area contributed by atoms with E-state index in [1.807, 2.05) is 48.7 Å². The van der Waals surface area contributed by atoms with Gasteiger partial charge in [-0.25, -0.2) is 9.55 Å². The Morgan fingerprint density at radius 1 is 1.15 bits per heavy atom. The van der Waals surface area contributed by atoms with Crippen LogP contribution in [-0.2, 0) is 11.2 Å². The molecule has 0 unspecified atom stereocenters. The van der Waals surface area contributed by atoms with Crippen molar-refractivity contribution in [2.24, 2.45) is 5.92 Å². The van der Waals surface area contributed by atoms with Crippen molar-refractivity contribution in [1.82, 2.24) is 14.9 Å². The first-order valence-corrected chi connectivity index (χ1v) is 13.0. The predicted octanol–water partition coefficient (Wildman–Crippen LogP) is 4.39. The third kappa shape index (κ3) is 4.58. The van der Waals surface area contributed by atoms with Crippen LogP contribution >= 0.6 is 22.7 Å². The zero-order chi connectivity index (χ0) is 22.8. The number of hydrogen-bond donors (Lipinski definition) is 1. The largest absolute Gasteiger partial charge is 0.355 e. The summed E-state index contributed by atoms with van der Waals surface area (Å²) in [5.41, 5.74) is 2.59. The zero-order valence-corrected chi connectivity index (χ0v) is 20.1. The maximum Gasteiger partial charge on any atom is 0.277 e. The molecule has 170 valence electrons. The van der Waals surface area contributed by atoms with Crippen LogP contribution < -0.4 is 15.8 Å². The van der Waals surface area contributed by atoms with Gasteiger partial charge in [0, 0.05) is 24.5 Å². The molecule has 1 aliphatic heterocycles. The minimum Gasteiger partial charge on any atom is -0.355 e. The van der Waals surface area contributed by atoms with Crippen LogP contribution in [0.1, 0.15) is 23.3 Å². The Balaban J connectivity index is 1.41. The van der Waals surface area contributed by atoms with E-state index < -0.39 is 0 Å². The van der Waals surface area contributed by atoms with Crippen molar-refractivity contribution < 1.29 is 4.79 Å². The highest BCUT2D eigenvalue weighted by atomic mass is 32.1. The molecule has 1 amide bonds. The van der Waals surface area contributed by atoms with Crippen LogP contribution in [0.25, 0.3) is 15.9 Å². The number of aromatic nitrogens is 2. The van der Waals surface area contributed by atoms with E-state index >= 15 is 0 Å². The van der Waals surface area contributed by atoms with Gasteiger partial charge in [0.25, 0.3) is 5.56 Å². The fourth-order valence-corrected chi connectivity index (χ4v) is 5.79. The molecule has 33 heavy (non-hydrogen) atoms. The van der Waals surface area contributed by atoms with E-state index in [0.717, 1.165) is 37.1 Å². The summed E-state index contributed by atoms with van der Waals surface area (Å²) in [6, 6.07) is 13.9. The second-order valence-corrected chi connectivity index (χ2v) is 10.4. The normalized spacial score (nSPS) is 16.3. The Labute approximate surface area is 200 Å². The lowest BCUT2D eigenvalue weighted by Crippen LogP contribution is -2.45. The van der Waals surface area contributed by atoms with Gasteiger partial charge in [0.05, 0.1) is 17.1 Å². The van der Waals surface area contributed by atoms with Crippen LogP contribution in [0.3, 0.4) is 0 Å². The number of carbonyl (C=O) groups excluding carboxylic acids is 1. The third-order valence-electron chi connectivity index (χ3n) is 6.08. The number of piperidine rings is 1. The number of anilines is 1. The van der Waals surface area contributed by atoms with E-state index in [0.29, 0.717) is 29.3 Å². The standard InChI is InChI=1S/C25H26N4O2S2/c1-17-6-8-19(9-7-17)29-24(31)22-21(11-15-33-22)27-25(29)28-13-2-4-18(16-28)23(30)26-12-10-20-5-3-14-32-20/h3,5-9,11,14-15,18H,2,4,10,12-13,16H2,1H3,(H,26,30)/t18-/m0/s1. The van der Waals surface area contributed by atoms with Crippen molar-refractivity contribution in [3.63, 3.8) is 0 Å². The summed E-state index contributed by atoms with van der Waals surface area (Å²) in [6.45, 7) is 4.00. The molecule has 8 heteroatoms. The van der Waals surface area contributed by atoms with Gasteiger partial charge in [-0.3, -0.25) is 9.59 Å². The van der Waals surface area contributed by atoms with Crippen LogP contribution in [0.4, 0.5) is 5.95 Å². The van der Waals surface area contributed by atoms with Gasteiger partial charge in [-0.15, -0.1) is 22.7 Å². The summed E-state index contributed by atoms with van der Waals surface area (Å²) in [5.74, 6) is 0.576. The number of hydrogen-bond acceptors (Lipinski definition) is 6. The zero-order valence-electron chi connectivity index (χ0n) is 18.5. The molecule has 1 fully saturated rings. The van der Waals surface area contributed by atoms with Gasteiger partial charge in [0.1, 0.15) is 4.70 Å². The molecule has 0 saturated carbocycles. The first-order valence-electron chi connectivity index (χ1n) is 11.2. The Hall–Kier alpha value is -2.97. The maximum absolute atomic E-state index is 13.4. The second-order valence-electron chi connectivity index (χ2n) is 8.43. The van der Waals surface area contributed by atoms with Gasteiger partial charge in [0.15, 0.2) is 0 Å². The first kappa shape index (κ1) is 21.9. The summed E-state index contributed by atoms with van der Waals surface area (Å²) < 4.78 is 2.36. The highest BCUT2D eigenvalue weighted by Gasteiger charge is 2.29. The number of amides is 1. The lowest BCUT2D eigenvalue weighted by molar-refractivity contribution is -0.125. The molecular weight excluding hydrogens is 452 g/mol. The number of benzene rings is 1. The summed E-state index contributed by atoms with van der Waals surface area (Å²) in [5, 5.41) is 7.07. The minimum atomic E-state index is -0.122. The fraction of sp³-hybridized carbons (Fsp3) is 0.320. The summed E-state index contributed by atoms with van der Waals surface area (Å²) in [4.78, 5) is 34.6. The van der Waals surface area contributed by atoms with Gasteiger partial charge in [-0.1, -0.05) is 23.8 Å². The molecule has 1 aliphatic rings. The van der Waals surface area contributed by atoms with Crippen LogP contribution in [-0.4, -0.2) is 35.1 Å². The number of carbonyl (C=O) groups is 1. The van der Waals surface area contributed by atoms with Crippen molar-refractivity contribution >= 4 is 44.7 Å². The third-order valence-corrected chi connectivity index (χ3v) is 7.91. The van der Waals surface area contributed by atoms with E-state index in [2.05, 4.69) is 21.7 Å². The van der Waals surface area contributed by atoms with Gasteiger partial charge >= 0.3 is 0 Å². The average Bonchev–Trinajstić information content (AvgIpc) is 3.52. The van der Waals surface area contributed by atoms with Gasteiger partial charge in [0.2, 0.25) is 11.9 Å². The van der Waals surface area contributed by atoms with Gasteiger partial charge in [-0.2, -0.15) is 0 Å². The van der Waals surface area contributed by atoms with Gasteiger partial charge in [-0.05, 0) is 61.2 Å². The predicted molar refractivity (Wildman–Crippen MR) is 136 cm³/mol. The van der Waals surface area contributed by atoms with Crippen molar-refractivity contribution in [1.29, 1.82) is 0 Å². The van der Waals surface area contributed by atoms with Crippen LogP contribution in [0.15, 0.2) is 58.0 Å². The number of thiophene rings is 2. The summed E-state index contributed by atoms with van der Waals surface area (Å²) >= 11 is 3.13. The van der Waals surface area contributed by atoms with Crippen molar-refractivity contribution in [3.8, 4) is 5.69 Å². The lowest BCUT2D eigenvalue weighted by Gasteiger charge is -2.34. The number of aryl methyl sites for hydroxylation is 1. The molecule has 0 bridgehead atoms. The Morgan fingerprint density at radius 2 is 2.00 bits per heavy atom. The SMILES string of the molecule is Cc1ccc(-n2c(N3CCC[C@H](C(=O)NCCc4cccs4)C3)nc3ccsc3c2=O)cc1. The molecule has 0 aliphatic carbocycles. The van der Waals surface area contributed by atoms with Crippen LogP contribution in [0, 0.1) is 12.8 Å². The smallest absolute Gasteiger partial charge is 0.277 e. The minimum absolute atomic E-state index is 0.0589. The number of rotatable bonds is 6. The van der Waals surface area contributed by atoms with E-state index in [-0.39, 0.29) is 17.4 Å². The van der Waals surface area contributed by atoms with Crippen molar-refractivity contribution in [2.45, 2.75) is 26.2 Å². The monoisotopic (exact) mass is 478 g/mol. The topological polar surface area (TPSA) is 67.2 Å². The molecule has 4 heterocycles. The molecule has 3 aromatic heterocycles. The number of fused-ring (bicyclic) bond motifs is 1. The fourth-order valence-electron chi connectivity index (χ4n) is 4.32. The number of nitrogens with zero attached hydrogens (tertiary/aromatic N) is 3. The maximum atomic E-state index is 13.4. The molecule has 4 aromatic rings. The van der Waals surface area contributed by atoms with E-state index in [4.69, 9.17) is 4.98 Å². The van der Waals surface area contributed by atoms with E-state index in [1.54, 1.807) is 15.9 Å². The molecule has 5 rings (SSSR count). The Morgan fingerprint density at radius 3 is 2.79 bits per heavy atom. The van der Waals surface area contributed by atoms with E-state index in [1.165, 1.54) is 16.2 Å². The molecule has 6 nitrogen and oxygen atoms in total. The van der Waals surface area contributed by atoms with Gasteiger partial charge < -0.3 is 10.2 Å². The molecule has 1 saturated heterocycles. The molecule has 1 N–H and O–H groups in total. The van der Waals surface area contributed by atoms with Crippen LogP contribution in [0.5, 0.6) is 0 Å². The first-order chi connectivity index (χ1) is 16.1. The Kier molecular flexibility index (Phi) is 6.28.